The largest absolute Gasteiger partial charge is 0.383 e. The quantitative estimate of drug-likeness (QED) is 0.906. The lowest BCUT2D eigenvalue weighted by Crippen LogP contribution is -2.41. The standard InChI is InChI=1S/C17H26N2O2/c1-11(2)15-17(20)19(13(4)10-21-5)16(18-15)14-8-6-12(3)7-9-14/h6-9,11,13,15-16,18H,10H2,1-5H3. The predicted molar refractivity (Wildman–Crippen MR) is 83.9 cm³/mol. The van der Waals surface area contributed by atoms with Gasteiger partial charge in [0.25, 0.3) is 0 Å². The molecule has 21 heavy (non-hydrogen) atoms. The first kappa shape index (κ1) is 16.0. The summed E-state index contributed by atoms with van der Waals surface area (Å²) in [5, 5.41) is 3.49. The maximum Gasteiger partial charge on any atom is 0.241 e. The zero-order valence-corrected chi connectivity index (χ0v) is 13.6. The van der Waals surface area contributed by atoms with Crippen molar-refractivity contribution < 1.29 is 9.53 Å². The second-order valence-corrected chi connectivity index (χ2v) is 6.25. The Kier molecular flexibility index (Phi) is 5.01. The number of amides is 1. The Morgan fingerprint density at radius 1 is 1.24 bits per heavy atom. The molecule has 1 aromatic rings. The number of benzene rings is 1. The van der Waals surface area contributed by atoms with Crippen molar-refractivity contribution in [3.05, 3.63) is 35.4 Å². The van der Waals surface area contributed by atoms with Crippen molar-refractivity contribution in [3.63, 3.8) is 0 Å². The highest BCUT2D eigenvalue weighted by atomic mass is 16.5. The molecule has 0 radical (unpaired) electrons. The number of ether oxygens (including phenoxy) is 1. The number of hydrogen-bond acceptors (Lipinski definition) is 3. The van der Waals surface area contributed by atoms with E-state index in [-0.39, 0.29) is 30.1 Å². The third-order valence-corrected chi connectivity index (χ3v) is 4.08. The highest BCUT2D eigenvalue weighted by molar-refractivity contribution is 5.85. The molecule has 1 N–H and O–H groups in total. The van der Waals surface area contributed by atoms with Crippen LogP contribution in [0.15, 0.2) is 24.3 Å². The lowest BCUT2D eigenvalue weighted by Gasteiger charge is -2.30. The van der Waals surface area contributed by atoms with Crippen molar-refractivity contribution in [3.8, 4) is 0 Å². The summed E-state index contributed by atoms with van der Waals surface area (Å²) in [6, 6.07) is 8.28. The van der Waals surface area contributed by atoms with E-state index in [1.165, 1.54) is 5.56 Å². The second kappa shape index (κ2) is 6.58. The summed E-state index contributed by atoms with van der Waals surface area (Å²) in [4.78, 5) is 14.7. The molecule has 116 valence electrons. The molecule has 3 atom stereocenters. The van der Waals surface area contributed by atoms with Gasteiger partial charge in [-0.15, -0.1) is 0 Å². The maximum absolute atomic E-state index is 12.7. The molecule has 4 heteroatoms. The molecule has 1 aliphatic rings. The van der Waals surface area contributed by atoms with E-state index in [0.717, 1.165) is 5.56 Å². The SMILES string of the molecule is COCC(C)N1C(=O)C(C(C)C)NC1c1ccc(C)cc1. The Hall–Kier alpha value is -1.39. The van der Waals surface area contributed by atoms with Crippen LogP contribution in [0.1, 0.15) is 38.1 Å². The minimum absolute atomic E-state index is 0.0463. The molecule has 1 fully saturated rings. The van der Waals surface area contributed by atoms with Crippen molar-refractivity contribution in [2.75, 3.05) is 13.7 Å². The minimum Gasteiger partial charge on any atom is -0.383 e. The third kappa shape index (κ3) is 3.27. The fraction of sp³-hybridized carbons (Fsp3) is 0.588. The summed E-state index contributed by atoms with van der Waals surface area (Å²) in [6.45, 7) is 8.80. The number of rotatable bonds is 5. The topological polar surface area (TPSA) is 41.6 Å². The number of hydrogen-bond donors (Lipinski definition) is 1. The van der Waals surface area contributed by atoms with Crippen LogP contribution in [0.4, 0.5) is 0 Å². The molecular formula is C17H26N2O2. The first-order valence-corrected chi connectivity index (χ1v) is 7.59. The van der Waals surface area contributed by atoms with Gasteiger partial charge in [0.1, 0.15) is 6.17 Å². The predicted octanol–water partition coefficient (Wildman–Crippen LogP) is 2.48. The lowest BCUT2D eigenvalue weighted by molar-refractivity contribution is -0.133. The molecule has 1 heterocycles. The number of nitrogens with one attached hydrogen (secondary N) is 1. The minimum atomic E-state index is -0.129. The van der Waals surface area contributed by atoms with Crippen molar-refractivity contribution in [1.82, 2.24) is 10.2 Å². The van der Waals surface area contributed by atoms with Crippen LogP contribution in [0.2, 0.25) is 0 Å². The van der Waals surface area contributed by atoms with E-state index in [2.05, 4.69) is 50.4 Å². The Bertz CT molecular complexity index is 484. The number of aryl methyl sites for hydroxylation is 1. The van der Waals surface area contributed by atoms with Crippen LogP contribution in [-0.2, 0) is 9.53 Å². The van der Waals surface area contributed by atoms with Gasteiger partial charge in [-0.25, -0.2) is 0 Å². The molecule has 2 rings (SSSR count). The fourth-order valence-corrected chi connectivity index (χ4v) is 2.89. The van der Waals surface area contributed by atoms with Gasteiger partial charge in [0.15, 0.2) is 0 Å². The van der Waals surface area contributed by atoms with Crippen LogP contribution in [0.3, 0.4) is 0 Å². The van der Waals surface area contributed by atoms with E-state index in [4.69, 9.17) is 4.74 Å². The van der Waals surface area contributed by atoms with Gasteiger partial charge in [-0.2, -0.15) is 0 Å². The number of nitrogens with zero attached hydrogens (tertiary/aromatic N) is 1. The van der Waals surface area contributed by atoms with Crippen LogP contribution < -0.4 is 5.32 Å². The zero-order valence-electron chi connectivity index (χ0n) is 13.6. The molecule has 1 amide bonds. The van der Waals surface area contributed by atoms with E-state index >= 15 is 0 Å². The summed E-state index contributed by atoms with van der Waals surface area (Å²) in [6.07, 6.45) is -0.0735. The summed E-state index contributed by atoms with van der Waals surface area (Å²) in [7, 11) is 1.67. The van der Waals surface area contributed by atoms with Crippen molar-refractivity contribution >= 4 is 5.91 Å². The van der Waals surface area contributed by atoms with Gasteiger partial charge < -0.3 is 9.64 Å². The van der Waals surface area contributed by atoms with Crippen LogP contribution >= 0.6 is 0 Å². The average Bonchev–Trinajstić information content (AvgIpc) is 2.77. The molecular weight excluding hydrogens is 264 g/mol. The Morgan fingerprint density at radius 2 is 1.86 bits per heavy atom. The van der Waals surface area contributed by atoms with Crippen LogP contribution in [0.5, 0.6) is 0 Å². The average molecular weight is 290 g/mol. The molecule has 3 unspecified atom stereocenters. The van der Waals surface area contributed by atoms with Crippen molar-refractivity contribution in [2.45, 2.75) is 45.9 Å². The van der Waals surface area contributed by atoms with Crippen molar-refractivity contribution in [1.29, 1.82) is 0 Å². The first-order valence-electron chi connectivity index (χ1n) is 7.59. The Balaban J connectivity index is 2.31. The molecule has 1 saturated heterocycles. The third-order valence-electron chi connectivity index (χ3n) is 4.08. The molecule has 0 aliphatic carbocycles. The number of carbonyl (C=O) groups excluding carboxylic acids is 1. The molecule has 1 aromatic carbocycles. The second-order valence-electron chi connectivity index (χ2n) is 6.25. The van der Waals surface area contributed by atoms with Gasteiger partial charge in [-0.05, 0) is 25.3 Å². The normalized spacial score (nSPS) is 23.9. The molecule has 0 bridgehead atoms. The van der Waals surface area contributed by atoms with Gasteiger partial charge in [0.2, 0.25) is 5.91 Å². The van der Waals surface area contributed by atoms with E-state index in [1.54, 1.807) is 7.11 Å². The highest BCUT2D eigenvalue weighted by Crippen LogP contribution is 2.30. The molecule has 4 nitrogen and oxygen atoms in total. The van der Waals surface area contributed by atoms with Gasteiger partial charge in [0.05, 0.1) is 18.7 Å². The van der Waals surface area contributed by atoms with E-state index < -0.39 is 0 Å². The summed E-state index contributed by atoms with van der Waals surface area (Å²) >= 11 is 0. The maximum atomic E-state index is 12.7. The molecule has 0 aromatic heterocycles. The van der Waals surface area contributed by atoms with Gasteiger partial charge in [-0.1, -0.05) is 43.7 Å². The van der Waals surface area contributed by atoms with Crippen molar-refractivity contribution in [2.24, 2.45) is 5.92 Å². The smallest absolute Gasteiger partial charge is 0.241 e. The summed E-state index contributed by atoms with van der Waals surface area (Å²) < 4.78 is 5.24. The van der Waals surface area contributed by atoms with E-state index in [9.17, 15) is 4.79 Å². The van der Waals surface area contributed by atoms with Crippen LogP contribution in [0, 0.1) is 12.8 Å². The van der Waals surface area contributed by atoms with Gasteiger partial charge >= 0.3 is 0 Å². The number of methoxy groups -OCH3 is 1. The highest BCUT2D eigenvalue weighted by Gasteiger charge is 2.43. The van der Waals surface area contributed by atoms with Gasteiger partial charge in [-0.3, -0.25) is 10.1 Å². The van der Waals surface area contributed by atoms with Crippen LogP contribution in [0.25, 0.3) is 0 Å². The Labute approximate surface area is 127 Å². The monoisotopic (exact) mass is 290 g/mol. The number of carbonyl (C=O) groups is 1. The zero-order chi connectivity index (χ0) is 15.6. The Morgan fingerprint density at radius 3 is 2.38 bits per heavy atom. The fourth-order valence-electron chi connectivity index (χ4n) is 2.89. The molecule has 0 spiro atoms. The van der Waals surface area contributed by atoms with Crippen LogP contribution in [-0.4, -0.2) is 36.6 Å². The summed E-state index contributed by atoms with van der Waals surface area (Å²) in [5.41, 5.74) is 2.35. The molecule has 0 saturated carbocycles. The first-order chi connectivity index (χ1) is 9.95. The lowest BCUT2D eigenvalue weighted by atomic mass is 10.0. The molecule has 1 aliphatic heterocycles. The van der Waals surface area contributed by atoms with E-state index in [0.29, 0.717) is 6.61 Å². The van der Waals surface area contributed by atoms with E-state index in [1.807, 2.05) is 11.8 Å². The van der Waals surface area contributed by atoms with Gasteiger partial charge in [0, 0.05) is 7.11 Å². The summed E-state index contributed by atoms with van der Waals surface area (Å²) in [5.74, 6) is 0.435.